The molecule has 1 unspecified atom stereocenters. The van der Waals surface area contributed by atoms with Crippen LogP contribution in [0.1, 0.15) is 37.7 Å². The third-order valence-corrected chi connectivity index (χ3v) is 2.70. The van der Waals surface area contributed by atoms with Crippen LogP contribution in [0.2, 0.25) is 0 Å². The summed E-state index contributed by atoms with van der Waals surface area (Å²) in [6.07, 6.45) is 2.84. The van der Waals surface area contributed by atoms with Crippen LogP contribution >= 0.6 is 0 Å². The Hall–Kier alpha value is -1.51. The van der Waals surface area contributed by atoms with E-state index in [1.165, 1.54) is 7.11 Å². The fraction of sp³-hybridized carbons (Fsp3) is 0.462. The molecule has 0 saturated heterocycles. The smallest absolute Gasteiger partial charge is 0.313 e. The van der Waals surface area contributed by atoms with E-state index in [-0.39, 0.29) is 11.9 Å². The Bertz CT molecular complexity index is 350. The van der Waals surface area contributed by atoms with Crippen molar-refractivity contribution < 1.29 is 9.53 Å². The Labute approximate surface area is 96.6 Å². The molecule has 0 fully saturated rings. The second kappa shape index (κ2) is 6.16. The Morgan fingerprint density at radius 2 is 2.12 bits per heavy atom. The summed E-state index contributed by atoms with van der Waals surface area (Å²) < 4.78 is 4.82. The predicted octanol–water partition coefficient (Wildman–Crippen LogP) is 2.72. The zero-order chi connectivity index (χ0) is 12.0. The molecule has 0 aliphatic rings. The van der Waals surface area contributed by atoms with Crippen LogP contribution in [0.5, 0.6) is 0 Å². The van der Waals surface area contributed by atoms with Gasteiger partial charge in [-0.15, -0.1) is 0 Å². The van der Waals surface area contributed by atoms with Gasteiger partial charge in [-0.3, -0.25) is 4.79 Å². The number of hydrogen-bond acceptors (Lipinski definition) is 3. The van der Waals surface area contributed by atoms with E-state index in [1.54, 1.807) is 0 Å². The van der Waals surface area contributed by atoms with Gasteiger partial charge in [0.2, 0.25) is 0 Å². The number of nitrogen functional groups attached to an aromatic ring is 1. The lowest BCUT2D eigenvalue weighted by atomic mass is 9.92. The first kappa shape index (κ1) is 12.6. The second-order valence-electron chi connectivity index (χ2n) is 3.85. The number of unbranched alkanes of at least 4 members (excludes halogenated alkanes) is 1. The van der Waals surface area contributed by atoms with Crippen molar-refractivity contribution in [1.82, 2.24) is 0 Å². The van der Waals surface area contributed by atoms with E-state index in [9.17, 15) is 4.79 Å². The molecule has 3 nitrogen and oxygen atoms in total. The molecule has 0 aliphatic heterocycles. The molecule has 0 bridgehead atoms. The molecule has 0 aliphatic carbocycles. The number of benzene rings is 1. The first-order chi connectivity index (χ1) is 7.70. The van der Waals surface area contributed by atoms with E-state index in [1.807, 2.05) is 24.3 Å². The summed E-state index contributed by atoms with van der Waals surface area (Å²) in [5.41, 5.74) is 7.42. The van der Waals surface area contributed by atoms with Crippen LogP contribution in [-0.2, 0) is 9.53 Å². The van der Waals surface area contributed by atoms with Gasteiger partial charge < -0.3 is 10.5 Å². The Morgan fingerprint density at radius 1 is 1.44 bits per heavy atom. The van der Waals surface area contributed by atoms with E-state index >= 15 is 0 Å². The fourth-order valence-corrected chi connectivity index (χ4v) is 1.78. The normalized spacial score (nSPS) is 12.1. The van der Waals surface area contributed by atoms with Crippen LogP contribution in [0, 0.1) is 0 Å². The molecule has 88 valence electrons. The van der Waals surface area contributed by atoms with Crippen LogP contribution in [0.3, 0.4) is 0 Å². The number of esters is 1. The second-order valence-corrected chi connectivity index (χ2v) is 3.85. The number of carbonyl (C=O) groups is 1. The van der Waals surface area contributed by atoms with Gasteiger partial charge in [0.15, 0.2) is 0 Å². The number of para-hydroxylation sites is 1. The van der Waals surface area contributed by atoms with Crippen LogP contribution in [-0.4, -0.2) is 13.1 Å². The summed E-state index contributed by atoms with van der Waals surface area (Å²) in [4.78, 5) is 11.7. The number of nitrogens with two attached hydrogens (primary N) is 1. The van der Waals surface area contributed by atoms with Gasteiger partial charge in [-0.1, -0.05) is 38.0 Å². The summed E-state index contributed by atoms with van der Waals surface area (Å²) in [5.74, 6) is -0.433. The van der Waals surface area contributed by atoms with E-state index < -0.39 is 0 Å². The van der Waals surface area contributed by atoms with Crippen molar-refractivity contribution in [3.8, 4) is 0 Å². The number of methoxy groups -OCH3 is 1. The minimum absolute atomic E-state index is 0.202. The molecule has 0 spiro atoms. The Balaban J connectivity index is 2.92. The summed E-state index contributed by atoms with van der Waals surface area (Å²) >= 11 is 0. The average Bonchev–Trinajstić information content (AvgIpc) is 2.31. The van der Waals surface area contributed by atoms with Gasteiger partial charge in [0.25, 0.3) is 0 Å². The van der Waals surface area contributed by atoms with Gasteiger partial charge >= 0.3 is 5.97 Å². The monoisotopic (exact) mass is 221 g/mol. The number of rotatable bonds is 5. The van der Waals surface area contributed by atoms with Crippen molar-refractivity contribution in [1.29, 1.82) is 0 Å². The molecule has 0 aromatic heterocycles. The quantitative estimate of drug-likeness (QED) is 0.614. The van der Waals surface area contributed by atoms with Crippen LogP contribution in [0.15, 0.2) is 24.3 Å². The van der Waals surface area contributed by atoms with E-state index in [2.05, 4.69) is 6.92 Å². The SMILES string of the molecule is CCCCC(C(=O)OC)c1ccccc1N. The molecule has 1 atom stereocenters. The largest absolute Gasteiger partial charge is 0.469 e. The van der Waals surface area contributed by atoms with E-state index in [4.69, 9.17) is 10.5 Å². The molecule has 0 heterocycles. The molecule has 1 aromatic carbocycles. The van der Waals surface area contributed by atoms with Crippen molar-refractivity contribution in [3.05, 3.63) is 29.8 Å². The third-order valence-electron chi connectivity index (χ3n) is 2.70. The molecule has 1 rings (SSSR count). The van der Waals surface area contributed by atoms with E-state index in [0.717, 1.165) is 24.8 Å². The molecule has 0 saturated carbocycles. The highest BCUT2D eigenvalue weighted by molar-refractivity contribution is 5.80. The number of ether oxygens (including phenoxy) is 1. The number of anilines is 1. The molecule has 3 heteroatoms. The molecule has 16 heavy (non-hydrogen) atoms. The maximum absolute atomic E-state index is 11.7. The highest BCUT2D eigenvalue weighted by atomic mass is 16.5. The summed E-state index contributed by atoms with van der Waals surface area (Å²) in [6, 6.07) is 7.48. The van der Waals surface area contributed by atoms with Gasteiger partial charge in [0.05, 0.1) is 13.0 Å². The maximum Gasteiger partial charge on any atom is 0.313 e. The summed E-state index contributed by atoms with van der Waals surface area (Å²) in [7, 11) is 1.42. The lowest BCUT2D eigenvalue weighted by molar-refractivity contribution is -0.142. The molecule has 0 amide bonds. The van der Waals surface area contributed by atoms with Crippen LogP contribution < -0.4 is 5.73 Å². The highest BCUT2D eigenvalue weighted by Gasteiger charge is 2.22. The number of hydrogen-bond donors (Lipinski definition) is 1. The third kappa shape index (κ3) is 2.99. The van der Waals surface area contributed by atoms with Gasteiger partial charge in [0.1, 0.15) is 0 Å². The molecular weight excluding hydrogens is 202 g/mol. The fourth-order valence-electron chi connectivity index (χ4n) is 1.78. The Kier molecular flexibility index (Phi) is 4.83. The van der Waals surface area contributed by atoms with Gasteiger partial charge in [-0.05, 0) is 18.1 Å². The van der Waals surface area contributed by atoms with Crippen LogP contribution in [0.25, 0.3) is 0 Å². The maximum atomic E-state index is 11.7. The topological polar surface area (TPSA) is 52.3 Å². The number of carbonyl (C=O) groups excluding carboxylic acids is 1. The van der Waals surface area contributed by atoms with Crippen LogP contribution in [0.4, 0.5) is 5.69 Å². The minimum atomic E-state index is -0.230. The summed E-state index contributed by atoms with van der Waals surface area (Å²) in [6.45, 7) is 2.10. The van der Waals surface area contributed by atoms with Gasteiger partial charge in [-0.25, -0.2) is 0 Å². The highest BCUT2D eigenvalue weighted by Crippen LogP contribution is 2.27. The van der Waals surface area contributed by atoms with Crippen molar-refractivity contribution >= 4 is 11.7 Å². The molecule has 0 radical (unpaired) electrons. The van der Waals surface area contributed by atoms with E-state index in [0.29, 0.717) is 5.69 Å². The first-order valence-electron chi connectivity index (χ1n) is 5.63. The Morgan fingerprint density at radius 3 is 2.69 bits per heavy atom. The van der Waals surface area contributed by atoms with Crippen molar-refractivity contribution in [2.75, 3.05) is 12.8 Å². The standard InChI is InChI=1S/C13H19NO2/c1-3-4-7-11(13(15)16-2)10-8-5-6-9-12(10)14/h5-6,8-9,11H,3-4,7,14H2,1-2H3. The first-order valence-corrected chi connectivity index (χ1v) is 5.63. The molecular formula is C13H19NO2. The van der Waals surface area contributed by atoms with Crippen molar-refractivity contribution in [2.24, 2.45) is 0 Å². The molecule has 2 N–H and O–H groups in total. The lowest BCUT2D eigenvalue weighted by Gasteiger charge is -2.16. The van der Waals surface area contributed by atoms with Crippen molar-refractivity contribution in [3.63, 3.8) is 0 Å². The zero-order valence-electron chi connectivity index (χ0n) is 9.90. The van der Waals surface area contributed by atoms with Gasteiger partial charge in [0, 0.05) is 5.69 Å². The summed E-state index contributed by atoms with van der Waals surface area (Å²) in [5, 5.41) is 0. The van der Waals surface area contributed by atoms with Gasteiger partial charge in [-0.2, -0.15) is 0 Å². The predicted molar refractivity (Wildman–Crippen MR) is 65.1 cm³/mol. The molecule has 1 aromatic rings. The zero-order valence-corrected chi connectivity index (χ0v) is 9.90. The van der Waals surface area contributed by atoms with Crippen molar-refractivity contribution in [2.45, 2.75) is 32.1 Å². The minimum Gasteiger partial charge on any atom is -0.469 e. The average molecular weight is 221 g/mol. The lowest BCUT2D eigenvalue weighted by Crippen LogP contribution is -2.15.